The van der Waals surface area contributed by atoms with Gasteiger partial charge in [0.2, 0.25) is 0 Å². The molecule has 28 heavy (non-hydrogen) atoms. The molecule has 2 saturated carbocycles. The van der Waals surface area contributed by atoms with Gasteiger partial charge in [-0.2, -0.15) is 16.4 Å². The number of hydrogen-bond donors (Lipinski definition) is 1. The smallest absolute Gasteiger partial charge is 0.267 e. The van der Waals surface area contributed by atoms with E-state index in [0.29, 0.717) is 5.41 Å². The van der Waals surface area contributed by atoms with E-state index in [-0.39, 0.29) is 23.4 Å². The zero-order chi connectivity index (χ0) is 19.9. The first kappa shape index (κ1) is 19.9. The Hall–Kier alpha value is -1.36. The van der Waals surface area contributed by atoms with E-state index >= 15 is 0 Å². The number of hydrazone groups is 1. The minimum Gasteiger partial charge on any atom is -0.348 e. The number of rotatable bonds is 7. The standard InChI is InChI=1S/C23H35N3OS/c1-5-6-7-11-26-19(16-9-12-28-15-16)14-18(25-26)21(27)24-20-13-17-8-10-23(20,4)22(17,2)3/h9,12,15,17,19-20H,5-8,10-11,13-14H2,1-4H3,(H,24,27)/t17-,19?,20-,23-/m0/s1. The molecule has 3 aliphatic rings. The lowest BCUT2D eigenvalue weighted by Gasteiger charge is -2.39. The first-order chi connectivity index (χ1) is 13.4. The van der Waals surface area contributed by atoms with Gasteiger partial charge in [0.25, 0.3) is 5.91 Å². The Kier molecular flexibility index (Phi) is 5.32. The predicted molar refractivity (Wildman–Crippen MR) is 117 cm³/mol. The Morgan fingerprint density at radius 2 is 2.18 bits per heavy atom. The van der Waals surface area contributed by atoms with Gasteiger partial charge in [0.15, 0.2) is 0 Å². The summed E-state index contributed by atoms with van der Waals surface area (Å²) in [7, 11) is 0. The van der Waals surface area contributed by atoms with Crippen LogP contribution in [0.3, 0.4) is 0 Å². The third-order valence-corrected chi connectivity index (χ3v) is 8.98. The predicted octanol–water partition coefficient (Wildman–Crippen LogP) is 5.37. The minimum atomic E-state index is 0.0628. The van der Waals surface area contributed by atoms with Crippen LogP contribution < -0.4 is 5.32 Å². The third-order valence-electron chi connectivity index (χ3n) is 8.28. The molecule has 1 aromatic rings. The van der Waals surface area contributed by atoms with Crippen molar-refractivity contribution < 1.29 is 4.79 Å². The summed E-state index contributed by atoms with van der Waals surface area (Å²) in [5, 5.41) is 14.7. The van der Waals surface area contributed by atoms with E-state index in [1.807, 2.05) is 0 Å². The fraction of sp³-hybridized carbons (Fsp3) is 0.739. The van der Waals surface area contributed by atoms with Crippen LogP contribution in [0.5, 0.6) is 0 Å². The summed E-state index contributed by atoms with van der Waals surface area (Å²) < 4.78 is 0. The molecule has 1 aliphatic heterocycles. The second-order valence-electron chi connectivity index (χ2n) is 9.83. The van der Waals surface area contributed by atoms with E-state index in [1.165, 1.54) is 31.2 Å². The average Bonchev–Trinajstić information content (AvgIpc) is 3.39. The quantitative estimate of drug-likeness (QED) is 0.624. The molecule has 0 saturated heterocycles. The monoisotopic (exact) mass is 401 g/mol. The average molecular weight is 402 g/mol. The Bertz CT molecular complexity index is 741. The lowest BCUT2D eigenvalue weighted by atomic mass is 9.69. The van der Waals surface area contributed by atoms with Crippen LogP contribution in [0.15, 0.2) is 21.9 Å². The highest BCUT2D eigenvalue weighted by Gasteiger charge is 2.61. The normalized spacial score (nSPS) is 33.4. The summed E-state index contributed by atoms with van der Waals surface area (Å²) in [5.41, 5.74) is 2.53. The van der Waals surface area contributed by atoms with Crippen LogP contribution in [-0.2, 0) is 4.79 Å². The molecule has 4 rings (SSSR count). The van der Waals surface area contributed by atoms with Gasteiger partial charge in [-0.3, -0.25) is 9.80 Å². The van der Waals surface area contributed by atoms with Crippen molar-refractivity contribution in [3.05, 3.63) is 22.4 Å². The van der Waals surface area contributed by atoms with E-state index in [0.717, 1.165) is 37.4 Å². The number of unbranched alkanes of at least 4 members (excludes halogenated alkanes) is 2. The molecule has 0 radical (unpaired) electrons. The topological polar surface area (TPSA) is 44.7 Å². The molecule has 154 valence electrons. The SMILES string of the molecule is CCCCCN1N=C(C(=O)N[C@H]2C[C@@H]3CC[C@]2(C)C3(C)C)CC1c1ccsc1. The summed E-state index contributed by atoms with van der Waals surface area (Å²) >= 11 is 1.72. The van der Waals surface area contributed by atoms with E-state index in [4.69, 9.17) is 5.10 Å². The molecule has 5 heteroatoms. The number of carbonyl (C=O) groups excluding carboxylic acids is 1. The minimum absolute atomic E-state index is 0.0628. The second kappa shape index (κ2) is 7.47. The van der Waals surface area contributed by atoms with Crippen LogP contribution in [0.25, 0.3) is 0 Å². The van der Waals surface area contributed by atoms with Crippen molar-refractivity contribution in [3.63, 3.8) is 0 Å². The maximum Gasteiger partial charge on any atom is 0.267 e. The van der Waals surface area contributed by atoms with E-state index < -0.39 is 0 Å². The lowest BCUT2D eigenvalue weighted by Crippen LogP contribution is -2.48. The molecule has 1 N–H and O–H groups in total. The zero-order valence-electron chi connectivity index (χ0n) is 17.8. The molecular formula is C23H35N3OS. The van der Waals surface area contributed by atoms with Gasteiger partial charge in [-0.25, -0.2) is 0 Å². The van der Waals surface area contributed by atoms with Crippen LogP contribution >= 0.6 is 11.3 Å². The Labute approximate surface area is 173 Å². The van der Waals surface area contributed by atoms with Crippen molar-refractivity contribution in [2.24, 2.45) is 21.8 Å². The van der Waals surface area contributed by atoms with Crippen molar-refractivity contribution in [2.45, 2.75) is 84.7 Å². The van der Waals surface area contributed by atoms with Gasteiger partial charge >= 0.3 is 0 Å². The number of amides is 1. The summed E-state index contributed by atoms with van der Waals surface area (Å²) in [6, 6.07) is 2.68. The second-order valence-corrected chi connectivity index (χ2v) is 10.6. The molecule has 1 amide bonds. The number of carbonyl (C=O) groups is 1. The first-order valence-corrected chi connectivity index (χ1v) is 12.0. The van der Waals surface area contributed by atoms with Gasteiger partial charge in [0.1, 0.15) is 5.71 Å². The molecule has 1 aromatic heterocycles. The van der Waals surface area contributed by atoms with Crippen molar-refractivity contribution in [2.75, 3.05) is 6.54 Å². The fourth-order valence-corrected chi connectivity index (χ4v) is 6.55. The van der Waals surface area contributed by atoms with Crippen LogP contribution in [0.1, 0.15) is 84.2 Å². The first-order valence-electron chi connectivity index (χ1n) is 11.0. The van der Waals surface area contributed by atoms with Crippen molar-refractivity contribution in [3.8, 4) is 0 Å². The highest BCUT2D eigenvalue weighted by molar-refractivity contribution is 7.08. The number of fused-ring (bicyclic) bond motifs is 2. The van der Waals surface area contributed by atoms with Crippen LogP contribution in [0.2, 0.25) is 0 Å². The summed E-state index contributed by atoms with van der Waals surface area (Å²) in [4.78, 5) is 13.2. The van der Waals surface area contributed by atoms with Crippen molar-refractivity contribution >= 4 is 23.0 Å². The fourth-order valence-electron chi connectivity index (χ4n) is 5.84. The highest BCUT2D eigenvalue weighted by atomic mass is 32.1. The Balaban J connectivity index is 1.46. The molecule has 1 unspecified atom stereocenters. The lowest BCUT2D eigenvalue weighted by molar-refractivity contribution is -0.116. The van der Waals surface area contributed by atoms with Gasteiger partial charge < -0.3 is 5.32 Å². The van der Waals surface area contributed by atoms with E-state index in [2.05, 4.69) is 54.8 Å². The molecule has 0 aromatic carbocycles. The summed E-state index contributed by atoms with van der Waals surface area (Å²) in [5.74, 6) is 0.796. The van der Waals surface area contributed by atoms with E-state index in [1.54, 1.807) is 11.3 Å². The Morgan fingerprint density at radius 1 is 1.36 bits per heavy atom. The molecule has 4 atom stereocenters. The van der Waals surface area contributed by atoms with Gasteiger partial charge in [-0.05, 0) is 64.8 Å². The third kappa shape index (κ3) is 3.20. The molecule has 2 fully saturated rings. The van der Waals surface area contributed by atoms with Crippen LogP contribution in [-0.4, -0.2) is 29.2 Å². The maximum absolute atomic E-state index is 13.2. The Morgan fingerprint density at radius 3 is 2.79 bits per heavy atom. The molecule has 4 nitrogen and oxygen atoms in total. The van der Waals surface area contributed by atoms with Crippen molar-refractivity contribution in [1.29, 1.82) is 0 Å². The van der Waals surface area contributed by atoms with Gasteiger partial charge in [-0.1, -0.05) is 40.5 Å². The summed E-state index contributed by atoms with van der Waals surface area (Å²) in [6.45, 7) is 10.3. The van der Waals surface area contributed by atoms with E-state index in [9.17, 15) is 4.79 Å². The molecule has 0 spiro atoms. The zero-order valence-corrected chi connectivity index (χ0v) is 18.6. The maximum atomic E-state index is 13.2. The van der Waals surface area contributed by atoms with Crippen LogP contribution in [0, 0.1) is 16.7 Å². The van der Waals surface area contributed by atoms with Gasteiger partial charge in [-0.15, -0.1) is 0 Å². The number of nitrogens with zero attached hydrogens (tertiary/aromatic N) is 2. The number of hydrogen-bond acceptors (Lipinski definition) is 4. The molecular weight excluding hydrogens is 366 g/mol. The largest absolute Gasteiger partial charge is 0.348 e. The summed E-state index contributed by atoms with van der Waals surface area (Å²) in [6.07, 6.45) is 7.92. The number of nitrogens with one attached hydrogen (secondary N) is 1. The molecule has 2 aliphatic carbocycles. The van der Waals surface area contributed by atoms with Gasteiger partial charge in [0, 0.05) is 19.0 Å². The molecule has 2 heterocycles. The number of thiophene rings is 1. The van der Waals surface area contributed by atoms with Crippen LogP contribution in [0.4, 0.5) is 0 Å². The van der Waals surface area contributed by atoms with Crippen molar-refractivity contribution in [1.82, 2.24) is 10.3 Å². The highest BCUT2D eigenvalue weighted by Crippen LogP contribution is 2.65. The molecule has 2 bridgehead atoms. The van der Waals surface area contributed by atoms with Gasteiger partial charge in [0.05, 0.1) is 6.04 Å².